The standard InChI is InChI=1S/C12H24O/c1-10(2)7-8-11(3,4)9-12(5,6)13/h13H,1,7-9H2,2-6H3. The zero-order valence-corrected chi connectivity index (χ0v) is 9.78. The summed E-state index contributed by atoms with van der Waals surface area (Å²) in [5.41, 5.74) is 0.874. The fraction of sp³-hybridized carbons (Fsp3) is 0.833. The SMILES string of the molecule is C=C(C)CCC(C)(C)CC(C)(C)O. The zero-order chi connectivity index (χ0) is 10.7. The monoisotopic (exact) mass is 184 g/mol. The summed E-state index contributed by atoms with van der Waals surface area (Å²) in [6.07, 6.45) is 3.00. The Morgan fingerprint density at radius 3 is 2.00 bits per heavy atom. The molecule has 0 amide bonds. The highest BCUT2D eigenvalue weighted by Crippen LogP contribution is 2.33. The number of aliphatic hydroxyl groups is 1. The minimum atomic E-state index is -0.557. The van der Waals surface area contributed by atoms with E-state index >= 15 is 0 Å². The summed E-state index contributed by atoms with van der Waals surface area (Å²) in [4.78, 5) is 0. The number of hydrogen-bond acceptors (Lipinski definition) is 1. The maximum Gasteiger partial charge on any atom is 0.0596 e. The van der Waals surface area contributed by atoms with E-state index in [1.54, 1.807) is 0 Å². The second-order valence-electron chi connectivity index (χ2n) is 5.61. The van der Waals surface area contributed by atoms with Crippen LogP contribution in [-0.4, -0.2) is 10.7 Å². The van der Waals surface area contributed by atoms with Gasteiger partial charge in [0, 0.05) is 0 Å². The van der Waals surface area contributed by atoms with Crippen LogP contribution in [0.3, 0.4) is 0 Å². The third-order valence-electron chi connectivity index (χ3n) is 2.14. The van der Waals surface area contributed by atoms with Gasteiger partial charge in [-0.3, -0.25) is 0 Å². The molecule has 0 bridgehead atoms. The Kier molecular flexibility index (Phi) is 4.18. The molecule has 0 heterocycles. The third kappa shape index (κ3) is 8.04. The smallest absolute Gasteiger partial charge is 0.0596 e. The van der Waals surface area contributed by atoms with Crippen molar-refractivity contribution in [3.63, 3.8) is 0 Å². The first-order valence-corrected chi connectivity index (χ1v) is 4.99. The molecule has 0 aliphatic rings. The average molecular weight is 184 g/mol. The Bertz CT molecular complexity index is 172. The molecule has 0 unspecified atom stereocenters. The van der Waals surface area contributed by atoms with E-state index in [0.717, 1.165) is 19.3 Å². The van der Waals surface area contributed by atoms with Crippen LogP contribution in [0.4, 0.5) is 0 Å². The predicted octanol–water partition coefficient (Wildman–Crippen LogP) is 3.53. The molecule has 78 valence electrons. The average Bonchev–Trinajstić information content (AvgIpc) is 1.78. The Hall–Kier alpha value is -0.300. The van der Waals surface area contributed by atoms with Gasteiger partial charge in [-0.1, -0.05) is 19.4 Å². The van der Waals surface area contributed by atoms with Crippen LogP contribution in [0.1, 0.15) is 53.9 Å². The second kappa shape index (κ2) is 4.28. The Morgan fingerprint density at radius 1 is 1.23 bits per heavy atom. The van der Waals surface area contributed by atoms with Gasteiger partial charge in [-0.15, -0.1) is 6.58 Å². The quantitative estimate of drug-likeness (QED) is 0.648. The highest BCUT2D eigenvalue weighted by Gasteiger charge is 2.26. The molecule has 0 fully saturated rings. The molecule has 1 heteroatoms. The molecule has 0 atom stereocenters. The molecule has 0 rings (SSSR count). The molecule has 0 spiro atoms. The molecule has 0 aliphatic heterocycles. The van der Waals surface area contributed by atoms with Crippen molar-refractivity contribution in [1.29, 1.82) is 0 Å². The van der Waals surface area contributed by atoms with E-state index in [1.165, 1.54) is 5.57 Å². The minimum Gasteiger partial charge on any atom is -0.390 e. The molecule has 1 N–H and O–H groups in total. The van der Waals surface area contributed by atoms with Crippen LogP contribution in [-0.2, 0) is 0 Å². The fourth-order valence-corrected chi connectivity index (χ4v) is 1.81. The van der Waals surface area contributed by atoms with E-state index in [4.69, 9.17) is 0 Å². The lowest BCUT2D eigenvalue weighted by molar-refractivity contribution is 0.0294. The maximum atomic E-state index is 9.70. The first-order chi connectivity index (χ1) is 5.62. The first kappa shape index (κ1) is 12.7. The van der Waals surface area contributed by atoms with E-state index in [9.17, 15) is 5.11 Å². The van der Waals surface area contributed by atoms with Gasteiger partial charge in [0.05, 0.1) is 5.60 Å². The second-order valence-corrected chi connectivity index (χ2v) is 5.61. The van der Waals surface area contributed by atoms with Crippen LogP contribution in [0.2, 0.25) is 0 Å². The summed E-state index contributed by atoms with van der Waals surface area (Å²) < 4.78 is 0. The van der Waals surface area contributed by atoms with Gasteiger partial charge in [-0.25, -0.2) is 0 Å². The molecule has 13 heavy (non-hydrogen) atoms. The van der Waals surface area contributed by atoms with Crippen LogP contribution in [0.5, 0.6) is 0 Å². The minimum absolute atomic E-state index is 0.206. The van der Waals surface area contributed by atoms with E-state index in [1.807, 2.05) is 13.8 Å². The highest BCUT2D eigenvalue weighted by atomic mass is 16.3. The molecule has 0 aromatic heterocycles. The van der Waals surface area contributed by atoms with Crippen molar-refractivity contribution in [3.8, 4) is 0 Å². The molecular weight excluding hydrogens is 160 g/mol. The molecule has 0 aromatic rings. The molecule has 1 nitrogen and oxygen atoms in total. The predicted molar refractivity (Wildman–Crippen MR) is 58.7 cm³/mol. The highest BCUT2D eigenvalue weighted by molar-refractivity contribution is 4.90. The van der Waals surface area contributed by atoms with Gasteiger partial charge in [-0.05, 0) is 45.4 Å². The van der Waals surface area contributed by atoms with Gasteiger partial charge in [0.2, 0.25) is 0 Å². The van der Waals surface area contributed by atoms with E-state index in [-0.39, 0.29) is 5.41 Å². The van der Waals surface area contributed by atoms with Crippen molar-refractivity contribution in [2.45, 2.75) is 59.5 Å². The summed E-state index contributed by atoms with van der Waals surface area (Å²) >= 11 is 0. The third-order valence-corrected chi connectivity index (χ3v) is 2.14. The van der Waals surface area contributed by atoms with Crippen molar-refractivity contribution in [2.75, 3.05) is 0 Å². The Balaban J connectivity index is 4.01. The molecule has 0 saturated heterocycles. The van der Waals surface area contributed by atoms with Gasteiger partial charge in [0.1, 0.15) is 0 Å². The molecule has 0 saturated carbocycles. The van der Waals surface area contributed by atoms with Gasteiger partial charge < -0.3 is 5.11 Å². The van der Waals surface area contributed by atoms with Crippen molar-refractivity contribution < 1.29 is 5.11 Å². The molecule has 0 radical (unpaired) electrons. The van der Waals surface area contributed by atoms with Crippen molar-refractivity contribution in [1.82, 2.24) is 0 Å². The Labute approximate surface area is 82.9 Å². The van der Waals surface area contributed by atoms with Gasteiger partial charge in [0.15, 0.2) is 0 Å². The van der Waals surface area contributed by atoms with E-state index in [0.29, 0.717) is 0 Å². The topological polar surface area (TPSA) is 20.2 Å². The summed E-state index contributed by atoms with van der Waals surface area (Å²) in [6.45, 7) is 14.1. The van der Waals surface area contributed by atoms with Crippen LogP contribution < -0.4 is 0 Å². The summed E-state index contributed by atoms with van der Waals surface area (Å²) in [5.74, 6) is 0. The summed E-state index contributed by atoms with van der Waals surface area (Å²) in [5, 5.41) is 9.70. The van der Waals surface area contributed by atoms with Crippen LogP contribution in [0.25, 0.3) is 0 Å². The van der Waals surface area contributed by atoms with E-state index < -0.39 is 5.60 Å². The van der Waals surface area contributed by atoms with E-state index in [2.05, 4.69) is 27.4 Å². The lowest BCUT2D eigenvalue weighted by atomic mass is 9.78. The summed E-state index contributed by atoms with van der Waals surface area (Å²) in [6, 6.07) is 0. The van der Waals surface area contributed by atoms with Crippen molar-refractivity contribution >= 4 is 0 Å². The molecular formula is C12H24O. The van der Waals surface area contributed by atoms with Crippen molar-refractivity contribution in [2.24, 2.45) is 5.41 Å². The van der Waals surface area contributed by atoms with Crippen LogP contribution in [0.15, 0.2) is 12.2 Å². The first-order valence-electron chi connectivity index (χ1n) is 4.99. The largest absolute Gasteiger partial charge is 0.390 e. The van der Waals surface area contributed by atoms with Gasteiger partial charge in [-0.2, -0.15) is 0 Å². The van der Waals surface area contributed by atoms with Crippen molar-refractivity contribution in [3.05, 3.63) is 12.2 Å². The number of allylic oxidation sites excluding steroid dienone is 1. The van der Waals surface area contributed by atoms with Crippen LogP contribution >= 0.6 is 0 Å². The summed E-state index contributed by atoms with van der Waals surface area (Å²) in [7, 11) is 0. The van der Waals surface area contributed by atoms with Gasteiger partial charge in [0.25, 0.3) is 0 Å². The fourth-order valence-electron chi connectivity index (χ4n) is 1.81. The van der Waals surface area contributed by atoms with Gasteiger partial charge >= 0.3 is 0 Å². The lowest BCUT2D eigenvalue weighted by Crippen LogP contribution is -2.28. The Morgan fingerprint density at radius 2 is 1.69 bits per heavy atom. The molecule has 0 aromatic carbocycles. The normalized spacial score (nSPS) is 13.1. The lowest BCUT2D eigenvalue weighted by Gasteiger charge is -2.31. The zero-order valence-electron chi connectivity index (χ0n) is 9.78. The van der Waals surface area contributed by atoms with Crippen LogP contribution in [0, 0.1) is 5.41 Å². The number of rotatable bonds is 5. The molecule has 0 aliphatic carbocycles. The number of hydrogen-bond donors (Lipinski definition) is 1. The maximum absolute atomic E-state index is 9.70.